The van der Waals surface area contributed by atoms with Crippen molar-refractivity contribution in [1.82, 2.24) is 0 Å². The number of benzene rings is 1. The summed E-state index contributed by atoms with van der Waals surface area (Å²) in [7, 11) is -1.95. The molecular formula is C20H35BO3Si. The van der Waals surface area contributed by atoms with Crippen LogP contribution in [0.4, 0.5) is 0 Å². The molecule has 0 atom stereocenters. The Kier molecular flexibility index (Phi) is 5.66. The van der Waals surface area contributed by atoms with Gasteiger partial charge in [0.1, 0.15) is 0 Å². The standard InChI is InChI=1S/C20H35BO3Si/c1-18(2,3)25(8,9)22-15-14-16-10-12-17(13-11-16)21-23-19(4,5)20(6,7)24-21/h10-13H,14-15H2,1-9H3. The van der Waals surface area contributed by atoms with Gasteiger partial charge < -0.3 is 13.7 Å². The average molecular weight is 362 g/mol. The Labute approximate surface area is 155 Å². The quantitative estimate of drug-likeness (QED) is 0.719. The summed E-state index contributed by atoms with van der Waals surface area (Å²) < 4.78 is 18.5. The van der Waals surface area contributed by atoms with Crippen LogP contribution in [-0.4, -0.2) is 33.2 Å². The van der Waals surface area contributed by atoms with Crippen LogP contribution in [-0.2, 0) is 20.2 Å². The molecule has 0 unspecified atom stereocenters. The zero-order valence-corrected chi connectivity index (χ0v) is 18.5. The van der Waals surface area contributed by atoms with Crippen LogP contribution in [0, 0.1) is 0 Å². The van der Waals surface area contributed by atoms with E-state index in [9.17, 15) is 0 Å². The van der Waals surface area contributed by atoms with Crippen LogP contribution in [0.5, 0.6) is 0 Å². The van der Waals surface area contributed by atoms with E-state index in [2.05, 4.69) is 85.8 Å². The molecule has 1 fully saturated rings. The third kappa shape index (κ3) is 4.57. The van der Waals surface area contributed by atoms with Gasteiger partial charge in [-0.25, -0.2) is 0 Å². The second-order valence-corrected chi connectivity index (χ2v) is 14.5. The first-order chi connectivity index (χ1) is 11.3. The SMILES string of the molecule is CC1(C)OB(c2ccc(CCO[Si](C)(C)C(C)(C)C)cc2)OC1(C)C. The lowest BCUT2D eigenvalue weighted by Gasteiger charge is -2.36. The summed E-state index contributed by atoms with van der Waals surface area (Å²) in [5.41, 5.74) is 1.77. The zero-order chi connectivity index (χ0) is 19.1. The van der Waals surface area contributed by atoms with Gasteiger partial charge in [-0.15, -0.1) is 0 Å². The van der Waals surface area contributed by atoms with Gasteiger partial charge in [0.15, 0.2) is 8.32 Å². The molecule has 5 heteroatoms. The van der Waals surface area contributed by atoms with E-state index in [1.165, 1.54) is 5.56 Å². The summed E-state index contributed by atoms with van der Waals surface area (Å²) in [5, 5.41) is 0.258. The van der Waals surface area contributed by atoms with Crippen molar-refractivity contribution in [3.05, 3.63) is 29.8 Å². The molecule has 1 aliphatic rings. The average Bonchev–Trinajstić information content (AvgIpc) is 2.67. The molecule has 2 rings (SSSR count). The van der Waals surface area contributed by atoms with E-state index in [0.29, 0.717) is 0 Å². The Morgan fingerprint density at radius 3 is 1.88 bits per heavy atom. The van der Waals surface area contributed by atoms with Crippen molar-refractivity contribution in [1.29, 1.82) is 0 Å². The molecule has 0 radical (unpaired) electrons. The molecule has 1 aromatic rings. The first-order valence-corrected chi connectivity index (χ1v) is 12.2. The van der Waals surface area contributed by atoms with E-state index in [4.69, 9.17) is 13.7 Å². The van der Waals surface area contributed by atoms with Crippen molar-refractivity contribution in [2.45, 2.75) is 84.2 Å². The summed E-state index contributed by atoms with van der Waals surface area (Å²) in [6, 6.07) is 8.55. The minimum Gasteiger partial charge on any atom is -0.416 e. The number of hydrogen-bond acceptors (Lipinski definition) is 3. The monoisotopic (exact) mass is 362 g/mol. The summed E-state index contributed by atoms with van der Waals surface area (Å²) >= 11 is 0. The Morgan fingerprint density at radius 1 is 0.960 bits per heavy atom. The molecule has 0 aliphatic carbocycles. The Morgan fingerprint density at radius 2 is 1.44 bits per heavy atom. The fraction of sp³-hybridized carbons (Fsp3) is 0.700. The van der Waals surface area contributed by atoms with Crippen molar-refractivity contribution < 1.29 is 13.7 Å². The molecule has 1 aromatic carbocycles. The van der Waals surface area contributed by atoms with Gasteiger partial charge in [-0.3, -0.25) is 0 Å². The van der Waals surface area contributed by atoms with E-state index < -0.39 is 8.32 Å². The van der Waals surface area contributed by atoms with Crippen LogP contribution in [0.2, 0.25) is 18.1 Å². The number of rotatable bonds is 5. The van der Waals surface area contributed by atoms with Crippen molar-refractivity contribution in [3.63, 3.8) is 0 Å². The molecule has 1 heterocycles. The predicted octanol–water partition coefficient (Wildman–Crippen LogP) is 4.55. The maximum atomic E-state index is 6.27. The van der Waals surface area contributed by atoms with Gasteiger partial charge in [-0.05, 0) is 63.3 Å². The lowest BCUT2D eigenvalue weighted by Crippen LogP contribution is -2.41. The van der Waals surface area contributed by atoms with Crippen molar-refractivity contribution in [2.24, 2.45) is 0 Å². The molecule has 1 aliphatic heterocycles. The molecule has 0 bridgehead atoms. The lowest BCUT2D eigenvalue weighted by molar-refractivity contribution is 0.00578. The molecule has 0 aromatic heterocycles. The van der Waals surface area contributed by atoms with Gasteiger partial charge in [0.2, 0.25) is 0 Å². The second-order valence-electron chi connectivity index (χ2n) is 9.69. The zero-order valence-electron chi connectivity index (χ0n) is 17.5. The van der Waals surface area contributed by atoms with Crippen molar-refractivity contribution >= 4 is 20.9 Å². The largest absolute Gasteiger partial charge is 0.494 e. The van der Waals surface area contributed by atoms with Gasteiger partial charge in [-0.1, -0.05) is 45.0 Å². The van der Waals surface area contributed by atoms with Gasteiger partial charge in [0, 0.05) is 6.61 Å². The van der Waals surface area contributed by atoms with Crippen LogP contribution >= 0.6 is 0 Å². The molecule has 1 saturated heterocycles. The molecule has 140 valence electrons. The summed E-state index contributed by atoms with van der Waals surface area (Å²) in [6.45, 7) is 20.5. The van der Waals surface area contributed by atoms with E-state index in [0.717, 1.165) is 18.5 Å². The minimum atomic E-state index is -1.66. The van der Waals surface area contributed by atoms with Crippen LogP contribution in [0.3, 0.4) is 0 Å². The highest BCUT2D eigenvalue weighted by Gasteiger charge is 2.51. The Balaban J connectivity index is 1.93. The van der Waals surface area contributed by atoms with Gasteiger partial charge in [0.25, 0.3) is 0 Å². The highest BCUT2D eigenvalue weighted by molar-refractivity contribution is 6.74. The minimum absolute atomic E-state index is 0.258. The first kappa shape index (κ1) is 20.7. The topological polar surface area (TPSA) is 27.7 Å². The number of hydrogen-bond donors (Lipinski definition) is 0. The molecule has 0 saturated carbocycles. The van der Waals surface area contributed by atoms with E-state index >= 15 is 0 Å². The van der Waals surface area contributed by atoms with Crippen molar-refractivity contribution in [2.75, 3.05) is 6.61 Å². The lowest BCUT2D eigenvalue weighted by atomic mass is 9.79. The third-order valence-corrected chi connectivity index (χ3v) is 10.7. The summed E-state index contributed by atoms with van der Waals surface area (Å²) in [5.74, 6) is 0. The molecular weight excluding hydrogens is 327 g/mol. The molecule has 0 spiro atoms. The first-order valence-electron chi connectivity index (χ1n) is 9.34. The van der Waals surface area contributed by atoms with Crippen LogP contribution in [0.1, 0.15) is 54.0 Å². The smallest absolute Gasteiger partial charge is 0.416 e. The Hall–Kier alpha value is -0.618. The molecule has 25 heavy (non-hydrogen) atoms. The normalized spacial score (nSPS) is 20.1. The van der Waals surface area contributed by atoms with Gasteiger partial charge in [0.05, 0.1) is 11.2 Å². The van der Waals surface area contributed by atoms with Gasteiger partial charge >= 0.3 is 7.12 Å². The highest BCUT2D eigenvalue weighted by atomic mass is 28.4. The molecule has 0 N–H and O–H groups in total. The van der Waals surface area contributed by atoms with Gasteiger partial charge in [-0.2, -0.15) is 0 Å². The van der Waals surface area contributed by atoms with Crippen molar-refractivity contribution in [3.8, 4) is 0 Å². The summed E-state index contributed by atoms with van der Waals surface area (Å²) in [4.78, 5) is 0. The maximum Gasteiger partial charge on any atom is 0.494 e. The third-order valence-electron chi connectivity index (χ3n) is 6.16. The fourth-order valence-corrected chi connectivity index (χ4v) is 3.51. The second kappa shape index (κ2) is 6.84. The van der Waals surface area contributed by atoms with Crippen LogP contribution in [0.15, 0.2) is 24.3 Å². The maximum absolute atomic E-state index is 6.27. The summed E-state index contributed by atoms with van der Waals surface area (Å²) in [6.07, 6.45) is 0.941. The highest BCUT2D eigenvalue weighted by Crippen LogP contribution is 2.37. The Bertz CT molecular complexity index is 572. The van der Waals surface area contributed by atoms with E-state index in [1.54, 1.807) is 0 Å². The molecule has 3 nitrogen and oxygen atoms in total. The van der Waals surface area contributed by atoms with Crippen LogP contribution in [0.25, 0.3) is 0 Å². The predicted molar refractivity (Wildman–Crippen MR) is 109 cm³/mol. The fourth-order valence-electron chi connectivity index (χ4n) is 2.46. The van der Waals surface area contributed by atoms with Crippen LogP contribution < -0.4 is 5.46 Å². The van der Waals surface area contributed by atoms with E-state index in [1.807, 2.05) is 0 Å². The molecule has 0 amide bonds. The van der Waals surface area contributed by atoms with E-state index in [-0.39, 0.29) is 23.4 Å².